The fourth-order valence-corrected chi connectivity index (χ4v) is 3.48. The molecule has 1 aromatic heterocycles. The van der Waals surface area contributed by atoms with Crippen molar-refractivity contribution in [3.05, 3.63) is 41.1 Å². The van der Waals surface area contributed by atoms with Crippen molar-refractivity contribution in [1.82, 2.24) is 10.1 Å². The number of aromatic nitrogens is 1. The van der Waals surface area contributed by atoms with Crippen molar-refractivity contribution in [2.75, 3.05) is 36.4 Å². The number of carbonyl (C=O) groups excluding carboxylic acids is 1. The number of amides is 1. The second-order valence-electron chi connectivity index (χ2n) is 6.21. The largest absolute Gasteiger partial charge is 0.368 e. The first-order chi connectivity index (χ1) is 12.1. The highest BCUT2D eigenvalue weighted by atomic mass is 35.5. The number of piperazine rings is 1. The zero-order chi connectivity index (χ0) is 17.8. The SMILES string of the molecule is CC[C@@H](C(=O)Nc1cc(C)on1)N1CCN(c2ccccc2Cl)CC1. The standard InChI is InChI=1S/C18H23ClN4O2/c1-3-15(18(24)20-17-12-13(2)25-21-17)22-8-10-23(11-9-22)16-7-5-4-6-14(16)19/h4-7,12,15H,3,8-11H2,1-2H3,(H,20,21,24)/t15-/m0/s1. The van der Waals surface area contributed by atoms with Crippen molar-refractivity contribution in [2.24, 2.45) is 0 Å². The molecular weight excluding hydrogens is 340 g/mol. The van der Waals surface area contributed by atoms with Gasteiger partial charge in [0.25, 0.3) is 0 Å². The van der Waals surface area contributed by atoms with Crippen LogP contribution in [-0.4, -0.2) is 48.2 Å². The van der Waals surface area contributed by atoms with Crippen LogP contribution in [0.5, 0.6) is 0 Å². The van der Waals surface area contributed by atoms with Crippen LogP contribution in [0.1, 0.15) is 19.1 Å². The van der Waals surface area contributed by atoms with Crippen LogP contribution in [0.15, 0.2) is 34.9 Å². The number of hydrogen-bond donors (Lipinski definition) is 1. The van der Waals surface area contributed by atoms with Crippen LogP contribution >= 0.6 is 11.6 Å². The van der Waals surface area contributed by atoms with Gasteiger partial charge in [0.15, 0.2) is 5.82 Å². The molecule has 0 bridgehead atoms. The first-order valence-corrected chi connectivity index (χ1v) is 8.94. The van der Waals surface area contributed by atoms with Gasteiger partial charge in [-0.15, -0.1) is 0 Å². The zero-order valence-electron chi connectivity index (χ0n) is 14.5. The van der Waals surface area contributed by atoms with Gasteiger partial charge in [0.2, 0.25) is 5.91 Å². The van der Waals surface area contributed by atoms with E-state index in [2.05, 4.69) is 20.3 Å². The molecule has 0 unspecified atom stereocenters. The molecule has 1 amide bonds. The van der Waals surface area contributed by atoms with Crippen LogP contribution in [0, 0.1) is 6.92 Å². The molecule has 134 valence electrons. The number of carbonyl (C=O) groups is 1. The van der Waals surface area contributed by atoms with Crippen molar-refractivity contribution >= 4 is 29.0 Å². The van der Waals surface area contributed by atoms with Crippen LogP contribution in [0.3, 0.4) is 0 Å². The van der Waals surface area contributed by atoms with Gasteiger partial charge in [-0.25, -0.2) is 0 Å². The summed E-state index contributed by atoms with van der Waals surface area (Å²) < 4.78 is 5.00. The molecule has 1 aromatic carbocycles. The second-order valence-corrected chi connectivity index (χ2v) is 6.62. The van der Waals surface area contributed by atoms with Crippen LogP contribution in [0.25, 0.3) is 0 Å². The molecule has 1 N–H and O–H groups in total. The van der Waals surface area contributed by atoms with E-state index >= 15 is 0 Å². The van der Waals surface area contributed by atoms with E-state index in [4.69, 9.17) is 16.1 Å². The number of aryl methyl sites for hydroxylation is 1. The molecule has 0 spiro atoms. The lowest BCUT2D eigenvalue weighted by atomic mass is 10.1. The average molecular weight is 363 g/mol. The van der Waals surface area contributed by atoms with Gasteiger partial charge >= 0.3 is 0 Å². The first kappa shape index (κ1) is 17.8. The highest BCUT2D eigenvalue weighted by Gasteiger charge is 2.28. The molecule has 0 saturated carbocycles. The Morgan fingerprint density at radius 1 is 1.32 bits per heavy atom. The van der Waals surface area contributed by atoms with Crippen LogP contribution in [0.4, 0.5) is 11.5 Å². The lowest BCUT2D eigenvalue weighted by Crippen LogP contribution is -2.53. The van der Waals surface area contributed by atoms with E-state index in [9.17, 15) is 4.79 Å². The van der Waals surface area contributed by atoms with Gasteiger partial charge in [0.05, 0.1) is 16.8 Å². The molecular formula is C18H23ClN4O2. The summed E-state index contributed by atoms with van der Waals surface area (Å²) in [4.78, 5) is 17.1. The number of benzene rings is 1. The number of rotatable bonds is 5. The van der Waals surface area contributed by atoms with Gasteiger partial charge in [-0.05, 0) is 25.5 Å². The van der Waals surface area contributed by atoms with Crippen molar-refractivity contribution in [2.45, 2.75) is 26.3 Å². The highest BCUT2D eigenvalue weighted by molar-refractivity contribution is 6.33. The third kappa shape index (κ3) is 4.14. The lowest BCUT2D eigenvalue weighted by Gasteiger charge is -2.39. The maximum Gasteiger partial charge on any atom is 0.242 e. The highest BCUT2D eigenvalue weighted by Crippen LogP contribution is 2.26. The third-order valence-electron chi connectivity index (χ3n) is 4.52. The predicted molar refractivity (Wildman–Crippen MR) is 99.2 cm³/mol. The van der Waals surface area contributed by atoms with Crippen molar-refractivity contribution in [1.29, 1.82) is 0 Å². The van der Waals surface area contributed by atoms with Crippen LogP contribution < -0.4 is 10.2 Å². The second kappa shape index (κ2) is 7.89. The Hall–Kier alpha value is -2.05. The van der Waals surface area contributed by atoms with Gasteiger partial charge in [-0.3, -0.25) is 9.69 Å². The Morgan fingerprint density at radius 3 is 2.64 bits per heavy atom. The van der Waals surface area contributed by atoms with Gasteiger partial charge in [-0.1, -0.05) is 35.8 Å². The van der Waals surface area contributed by atoms with Crippen molar-refractivity contribution < 1.29 is 9.32 Å². The normalized spacial score (nSPS) is 16.7. The minimum atomic E-state index is -0.176. The van der Waals surface area contributed by atoms with E-state index in [-0.39, 0.29) is 11.9 Å². The molecule has 25 heavy (non-hydrogen) atoms. The Morgan fingerprint density at radius 2 is 2.04 bits per heavy atom. The topological polar surface area (TPSA) is 61.6 Å². The Labute approximate surface area is 152 Å². The first-order valence-electron chi connectivity index (χ1n) is 8.56. The molecule has 1 saturated heterocycles. The zero-order valence-corrected chi connectivity index (χ0v) is 15.3. The fraction of sp³-hybridized carbons (Fsp3) is 0.444. The van der Waals surface area contributed by atoms with E-state index in [0.717, 1.165) is 43.3 Å². The monoisotopic (exact) mass is 362 g/mol. The molecule has 0 radical (unpaired) electrons. The summed E-state index contributed by atoms with van der Waals surface area (Å²) in [5, 5.41) is 7.44. The molecule has 6 nitrogen and oxygen atoms in total. The van der Waals surface area contributed by atoms with Crippen LogP contribution in [-0.2, 0) is 4.79 Å². The Balaban J connectivity index is 1.60. The number of anilines is 2. The van der Waals surface area contributed by atoms with Crippen molar-refractivity contribution in [3.8, 4) is 0 Å². The molecule has 0 aliphatic carbocycles. The molecule has 3 rings (SSSR count). The van der Waals surface area contributed by atoms with E-state index in [0.29, 0.717) is 11.6 Å². The van der Waals surface area contributed by atoms with Crippen LogP contribution in [0.2, 0.25) is 5.02 Å². The molecule has 1 aliphatic rings. The van der Waals surface area contributed by atoms with E-state index in [1.807, 2.05) is 31.2 Å². The summed E-state index contributed by atoms with van der Waals surface area (Å²) in [5.74, 6) is 1.11. The lowest BCUT2D eigenvalue weighted by molar-refractivity contribution is -0.121. The maximum atomic E-state index is 12.6. The number of nitrogens with one attached hydrogen (secondary N) is 1. The predicted octanol–water partition coefficient (Wildman–Crippen LogP) is 3.18. The smallest absolute Gasteiger partial charge is 0.242 e. The number of hydrogen-bond acceptors (Lipinski definition) is 5. The average Bonchev–Trinajstić information content (AvgIpc) is 3.01. The molecule has 7 heteroatoms. The summed E-state index contributed by atoms with van der Waals surface area (Å²) in [7, 11) is 0. The molecule has 1 fully saturated rings. The van der Waals surface area contributed by atoms with Gasteiger partial charge in [0.1, 0.15) is 5.76 Å². The van der Waals surface area contributed by atoms with E-state index in [1.165, 1.54) is 0 Å². The summed E-state index contributed by atoms with van der Waals surface area (Å²) in [6.45, 7) is 7.14. The quantitative estimate of drug-likeness (QED) is 0.885. The third-order valence-corrected chi connectivity index (χ3v) is 4.84. The number of halogens is 1. The fourth-order valence-electron chi connectivity index (χ4n) is 3.23. The molecule has 2 aromatic rings. The summed E-state index contributed by atoms with van der Waals surface area (Å²) in [6.07, 6.45) is 0.745. The Bertz CT molecular complexity index is 725. The Kier molecular flexibility index (Phi) is 5.60. The maximum absolute atomic E-state index is 12.6. The number of nitrogens with zero attached hydrogens (tertiary/aromatic N) is 3. The summed E-state index contributed by atoms with van der Waals surface area (Å²) >= 11 is 6.29. The van der Waals surface area contributed by atoms with E-state index in [1.54, 1.807) is 13.0 Å². The number of para-hydroxylation sites is 1. The van der Waals surface area contributed by atoms with Gasteiger partial charge < -0.3 is 14.7 Å². The minimum Gasteiger partial charge on any atom is -0.368 e. The molecule has 1 atom stereocenters. The van der Waals surface area contributed by atoms with Crippen molar-refractivity contribution in [3.63, 3.8) is 0 Å². The minimum absolute atomic E-state index is 0.0398. The summed E-state index contributed by atoms with van der Waals surface area (Å²) in [6, 6.07) is 9.42. The molecule has 1 aliphatic heterocycles. The van der Waals surface area contributed by atoms with Gasteiger partial charge in [-0.2, -0.15) is 0 Å². The van der Waals surface area contributed by atoms with E-state index < -0.39 is 0 Å². The van der Waals surface area contributed by atoms with Gasteiger partial charge in [0, 0.05) is 32.2 Å². The molecule has 2 heterocycles. The summed E-state index contributed by atoms with van der Waals surface area (Å²) in [5.41, 5.74) is 1.05.